The van der Waals surface area contributed by atoms with Crippen molar-refractivity contribution in [3.05, 3.63) is 57.8 Å². The molecule has 0 aliphatic rings. The molecule has 18 heavy (non-hydrogen) atoms. The van der Waals surface area contributed by atoms with Gasteiger partial charge in [0.1, 0.15) is 6.10 Å². The first-order chi connectivity index (χ1) is 8.66. The van der Waals surface area contributed by atoms with E-state index < -0.39 is 6.10 Å². The van der Waals surface area contributed by atoms with Crippen LogP contribution in [-0.2, 0) is 0 Å². The number of carbonyl (C=O) groups is 1. The Bertz CT molecular complexity index is 522. The summed E-state index contributed by atoms with van der Waals surface area (Å²) in [6.07, 6.45) is -0.640. The molecular weight excluding hydrogens is 246 g/mol. The van der Waals surface area contributed by atoms with Crippen molar-refractivity contribution in [1.82, 2.24) is 5.32 Å². The molecule has 3 nitrogen and oxygen atoms in total. The molecule has 0 aliphatic carbocycles. The van der Waals surface area contributed by atoms with E-state index in [4.69, 9.17) is 0 Å². The van der Waals surface area contributed by atoms with Gasteiger partial charge in [0, 0.05) is 17.0 Å². The summed E-state index contributed by atoms with van der Waals surface area (Å²) in [6.45, 7) is 2.17. The highest BCUT2D eigenvalue weighted by atomic mass is 32.1. The summed E-state index contributed by atoms with van der Waals surface area (Å²) in [6, 6.07) is 11.1. The summed E-state index contributed by atoms with van der Waals surface area (Å²) in [5, 5.41) is 14.5. The third kappa shape index (κ3) is 3.18. The van der Waals surface area contributed by atoms with E-state index in [0.29, 0.717) is 5.56 Å². The number of hydrogen-bond donors (Lipinski definition) is 2. The van der Waals surface area contributed by atoms with Gasteiger partial charge in [0.2, 0.25) is 0 Å². The molecule has 0 saturated heterocycles. The van der Waals surface area contributed by atoms with Crippen molar-refractivity contribution >= 4 is 17.2 Å². The maximum atomic E-state index is 11.9. The third-order valence-corrected chi connectivity index (χ3v) is 3.58. The first-order valence-corrected chi connectivity index (χ1v) is 6.61. The van der Waals surface area contributed by atoms with Crippen LogP contribution in [0.25, 0.3) is 0 Å². The van der Waals surface area contributed by atoms with Crippen LogP contribution >= 0.6 is 11.3 Å². The quantitative estimate of drug-likeness (QED) is 0.888. The molecule has 0 radical (unpaired) electrons. The minimum Gasteiger partial charge on any atom is -0.386 e. The Morgan fingerprint density at radius 3 is 2.89 bits per heavy atom. The van der Waals surface area contributed by atoms with Crippen LogP contribution in [0.15, 0.2) is 41.8 Å². The summed E-state index contributed by atoms with van der Waals surface area (Å²) in [7, 11) is 0. The number of hydrogen-bond acceptors (Lipinski definition) is 3. The van der Waals surface area contributed by atoms with E-state index in [2.05, 4.69) is 5.32 Å². The van der Waals surface area contributed by atoms with Gasteiger partial charge in [-0.2, -0.15) is 0 Å². The molecule has 0 saturated carbocycles. The smallest absolute Gasteiger partial charge is 0.251 e. The van der Waals surface area contributed by atoms with Gasteiger partial charge in [0.15, 0.2) is 0 Å². The van der Waals surface area contributed by atoms with Crippen LogP contribution in [-0.4, -0.2) is 17.6 Å². The second-order valence-corrected chi connectivity index (χ2v) is 5.09. The summed E-state index contributed by atoms with van der Waals surface area (Å²) in [5.41, 5.74) is 1.66. The molecule has 0 bridgehead atoms. The number of amides is 1. The number of rotatable bonds is 4. The number of aliphatic hydroxyl groups is 1. The Balaban J connectivity index is 1.92. The van der Waals surface area contributed by atoms with Crippen molar-refractivity contribution in [2.24, 2.45) is 0 Å². The Kier molecular flexibility index (Phi) is 4.12. The zero-order valence-corrected chi connectivity index (χ0v) is 10.9. The molecule has 0 fully saturated rings. The van der Waals surface area contributed by atoms with Crippen LogP contribution in [0.4, 0.5) is 0 Å². The van der Waals surface area contributed by atoms with Crippen molar-refractivity contribution in [3.63, 3.8) is 0 Å². The number of carbonyl (C=O) groups excluding carboxylic acids is 1. The second-order valence-electron chi connectivity index (χ2n) is 4.11. The average molecular weight is 261 g/mol. The average Bonchev–Trinajstić information content (AvgIpc) is 2.89. The number of benzene rings is 1. The molecule has 1 amide bonds. The third-order valence-electron chi connectivity index (χ3n) is 2.61. The molecule has 2 aromatic rings. The molecule has 1 aromatic carbocycles. The highest BCUT2D eigenvalue weighted by Gasteiger charge is 2.11. The molecule has 2 N–H and O–H groups in total. The SMILES string of the molecule is Cc1cccc(C(=O)NCC(O)c2cccs2)c1. The van der Waals surface area contributed by atoms with Gasteiger partial charge in [-0.05, 0) is 30.5 Å². The van der Waals surface area contributed by atoms with Crippen molar-refractivity contribution in [2.75, 3.05) is 6.54 Å². The van der Waals surface area contributed by atoms with Crippen LogP contribution in [0.1, 0.15) is 26.9 Å². The fourth-order valence-electron chi connectivity index (χ4n) is 1.66. The van der Waals surface area contributed by atoms with Gasteiger partial charge >= 0.3 is 0 Å². The van der Waals surface area contributed by atoms with E-state index >= 15 is 0 Å². The fourth-order valence-corrected chi connectivity index (χ4v) is 2.37. The number of aryl methyl sites for hydroxylation is 1. The molecule has 2 rings (SSSR count). The van der Waals surface area contributed by atoms with Crippen LogP contribution < -0.4 is 5.32 Å². The molecule has 94 valence electrons. The van der Waals surface area contributed by atoms with E-state index in [1.165, 1.54) is 11.3 Å². The van der Waals surface area contributed by atoms with Gasteiger partial charge in [0.05, 0.1) is 0 Å². The van der Waals surface area contributed by atoms with E-state index in [-0.39, 0.29) is 12.5 Å². The standard InChI is InChI=1S/C14H15NO2S/c1-10-4-2-5-11(8-10)14(17)15-9-12(16)13-6-3-7-18-13/h2-8,12,16H,9H2,1H3,(H,15,17). The van der Waals surface area contributed by atoms with Crippen LogP contribution in [0.2, 0.25) is 0 Å². The van der Waals surface area contributed by atoms with E-state index in [1.807, 2.05) is 42.6 Å². The van der Waals surface area contributed by atoms with Crippen LogP contribution in [0.3, 0.4) is 0 Å². The van der Waals surface area contributed by atoms with Gasteiger partial charge in [-0.3, -0.25) is 4.79 Å². The van der Waals surface area contributed by atoms with E-state index in [1.54, 1.807) is 6.07 Å². The number of aliphatic hydroxyl groups excluding tert-OH is 1. The van der Waals surface area contributed by atoms with Crippen molar-refractivity contribution in [1.29, 1.82) is 0 Å². The normalized spacial score (nSPS) is 12.1. The Labute approximate surface area is 110 Å². The van der Waals surface area contributed by atoms with Crippen LogP contribution in [0.5, 0.6) is 0 Å². The summed E-state index contributed by atoms with van der Waals surface area (Å²) in [5.74, 6) is -0.158. The summed E-state index contributed by atoms with van der Waals surface area (Å²) in [4.78, 5) is 12.7. The van der Waals surface area contributed by atoms with Crippen LogP contribution in [0, 0.1) is 6.92 Å². The van der Waals surface area contributed by atoms with Gasteiger partial charge < -0.3 is 10.4 Å². The fraction of sp³-hybridized carbons (Fsp3) is 0.214. The molecule has 4 heteroatoms. The van der Waals surface area contributed by atoms with E-state index in [0.717, 1.165) is 10.4 Å². The summed E-state index contributed by atoms with van der Waals surface area (Å²) >= 11 is 1.48. The second kappa shape index (κ2) is 5.80. The van der Waals surface area contributed by atoms with Gasteiger partial charge in [-0.1, -0.05) is 23.8 Å². The number of thiophene rings is 1. The lowest BCUT2D eigenvalue weighted by Crippen LogP contribution is -2.28. The monoisotopic (exact) mass is 261 g/mol. The Morgan fingerprint density at radius 2 is 2.22 bits per heavy atom. The lowest BCUT2D eigenvalue weighted by atomic mass is 10.1. The maximum absolute atomic E-state index is 11.9. The highest BCUT2D eigenvalue weighted by molar-refractivity contribution is 7.10. The van der Waals surface area contributed by atoms with Gasteiger partial charge in [-0.15, -0.1) is 11.3 Å². The van der Waals surface area contributed by atoms with E-state index in [9.17, 15) is 9.90 Å². The molecule has 1 heterocycles. The molecule has 0 spiro atoms. The largest absolute Gasteiger partial charge is 0.386 e. The first-order valence-electron chi connectivity index (χ1n) is 5.73. The molecule has 1 aromatic heterocycles. The topological polar surface area (TPSA) is 49.3 Å². The lowest BCUT2D eigenvalue weighted by molar-refractivity contribution is 0.0918. The zero-order chi connectivity index (χ0) is 13.0. The lowest BCUT2D eigenvalue weighted by Gasteiger charge is -2.10. The summed E-state index contributed by atoms with van der Waals surface area (Å²) < 4.78 is 0. The van der Waals surface area contributed by atoms with Crippen molar-refractivity contribution in [2.45, 2.75) is 13.0 Å². The minimum atomic E-state index is -0.640. The predicted molar refractivity (Wildman–Crippen MR) is 72.8 cm³/mol. The van der Waals surface area contributed by atoms with Crippen molar-refractivity contribution in [3.8, 4) is 0 Å². The minimum absolute atomic E-state index is 0.158. The predicted octanol–water partition coefficient (Wildman–Crippen LogP) is 2.52. The molecular formula is C14H15NO2S. The van der Waals surface area contributed by atoms with Crippen molar-refractivity contribution < 1.29 is 9.90 Å². The van der Waals surface area contributed by atoms with Gasteiger partial charge in [0.25, 0.3) is 5.91 Å². The molecule has 1 atom stereocenters. The first kappa shape index (κ1) is 12.8. The maximum Gasteiger partial charge on any atom is 0.251 e. The molecule has 0 aliphatic heterocycles. The van der Waals surface area contributed by atoms with Gasteiger partial charge in [-0.25, -0.2) is 0 Å². The zero-order valence-electron chi connectivity index (χ0n) is 10.1. The molecule has 1 unspecified atom stereocenters. The highest BCUT2D eigenvalue weighted by Crippen LogP contribution is 2.17. The number of nitrogens with one attached hydrogen (secondary N) is 1. The Hall–Kier alpha value is -1.65. The Morgan fingerprint density at radius 1 is 1.39 bits per heavy atom.